The van der Waals surface area contributed by atoms with Gasteiger partial charge in [0.05, 0.1) is 6.61 Å². The van der Waals surface area contributed by atoms with Crippen molar-refractivity contribution in [3.05, 3.63) is 29.3 Å². The Morgan fingerprint density at radius 1 is 1.22 bits per heavy atom. The van der Waals surface area contributed by atoms with Crippen LogP contribution in [-0.4, -0.2) is 11.5 Å². The SMILES string of the molecule is OCc1ccc(C2CCCC2)c(OC(F)(F)F)c1. The molecular weight excluding hydrogens is 245 g/mol. The van der Waals surface area contributed by atoms with Gasteiger partial charge in [-0.1, -0.05) is 25.0 Å². The van der Waals surface area contributed by atoms with Crippen LogP contribution in [0.25, 0.3) is 0 Å². The van der Waals surface area contributed by atoms with Gasteiger partial charge in [0.1, 0.15) is 5.75 Å². The topological polar surface area (TPSA) is 29.5 Å². The average molecular weight is 260 g/mol. The second-order valence-corrected chi connectivity index (χ2v) is 4.56. The van der Waals surface area contributed by atoms with E-state index < -0.39 is 6.36 Å². The Kier molecular flexibility index (Phi) is 3.80. The highest BCUT2D eigenvalue weighted by Crippen LogP contribution is 2.40. The summed E-state index contributed by atoms with van der Waals surface area (Å²) in [5.41, 5.74) is 1.03. The lowest BCUT2D eigenvalue weighted by Gasteiger charge is -2.18. The van der Waals surface area contributed by atoms with Crippen LogP contribution in [0.2, 0.25) is 0 Å². The number of hydrogen-bond donors (Lipinski definition) is 1. The molecule has 0 radical (unpaired) electrons. The van der Waals surface area contributed by atoms with Gasteiger partial charge in [-0.05, 0) is 36.0 Å². The fourth-order valence-electron chi connectivity index (χ4n) is 2.46. The van der Waals surface area contributed by atoms with Gasteiger partial charge in [-0.3, -0.25) is 0 Å². The maximum Gasteiger partial charge on any atom is 0.573 e. The quantitative estimate of drug-likeness (QED) is 0.897. The van der Waals surface area contributed by atoms with Crippen LogP contribution in [0.5, 0.6) is 5.75 Å². The van der Waals surface area contributed by atoms with E-state index in [1.54, 1.807) is 12.1 Å². The van der Waals surface area contributed by atoms with Gasteiger partial charge in [0.25, 0.3) is 0 Å². The van der Waals surface area contributed by atoms with Crippen molar-refractivity contribution in [2.24, 2.45) is 0 Å². The van der Waals surface area contributed by atoms with Gasteiger partial charge in [-0.2, -0.15) is 0 Å². The Morgan fingerprint density at radius 2 is 1.89 bits per heavy atom. The van der Waals surface area contributed by atoms with E-state index in [1.807, 2.05) is 0 Å². The van der Waals surface area contributed by atoms with E-state index in [1.165, 1.54) is 6.07 Å². The maximum absolute atomic E-state index is 12.4. The van der Waals surface area contributed by atoms with Gasteiger partial charge >= 0.3 is 6.36 Å². The minimum atomic E-state index is -4.69. The first kappa shape index (κ1) is 13.2. The van der Waals surface area contributed by atoms with Crippen LogP contribution in [0, 0.1) is 0 Å². The molecule has 0 bridgehead atoms. The van der Waals surface area contributed by atoms with Gasteiger partial charge < -0.3 is 9.84 Å². The average Bonchev–Trinajstić information content (AvgIpc) is 2.80. The number of halogens is 3. The number of aliphatic hydroxyl groups is 1. The van der Waals surface area contributed by atoms with Crippen LogP contribution < -0.4 is 4.74 Å². The molecule has 2 nitrogen and oxygen atoms in total. The largest absolute Gasteiger partial charge is 0.573 e. The molecule has 1 aliphatic rings. The Bertz CT molecular complexity index is 409. The molecule has 100 valence electrons. The van der Waals surface area contributed by atoms with Gasteiger partial charge in [-0.25, -0.2) is 0 Å². The summed E-state index contributed by atoms with van der Waals surface area (Å²) in [6.45, 7) is -0.292. The highest BCUT2D eigenvalue weighted by atomic mass is 19.4. The summed E-state index contributed by atoms with van der Waals surface area (Å²) in [6.07, 6.45) is -0.823. The van der Waals surface area contributed by atoms with Crippen molar-refractivity contribution in [2.75, 3.05) is 0 Å². The summed E-state index contributed by atoms with van der Waals surface area (Å²) < 4.78 is 41.2. The molecule has 0 aromatic heterocycles. The van der Waals surface area contributed by atoms with Gasteiger partial charge in [0.15, 0.2) is 0 Å². The molecule has 1 aliphatic carbocycles. The molecule has 2 rings (SSSR count). The summed E-state index contributed by atoms with van der Waals surface area (Å²) in [6, 6.07) is 4.57. The Morgan fingerprint density at radius 3 is 2.44 bits per heavy atom. The van der Waals surface area contributed by atoms with Crippen molar-refractivity contribution in [1.82, 2.24) is 0 Å². The number of ether oxygens (including phenoxy) is 1. The van der Waals surface area contributed by atoms with Crippen molar-refractivity contribution >= 4 is 0 Å². The molecule has 1 saturated carbocycles. The van der Waals surface area contributed by atoms with E-state index in [2.05, 4.69) is 4.74 Å². The molecule has 1 N–H and O–H groups in total. The molecule has 18 heavy (non-hydrogen) atoms. The van der Waals surface area contributed by atoms with E-state index in [0.717, 1.165) is 25.7 Å². The summed E-state index contributed by atoms with van der Waals surface area (Å²) >= 11 is 0. The lowest BCUT2D eigenvalue weighted by molar-refractivity contribution is -0.275. The number of rotatable bonds is 3. The lowest BCUT2D eigenvalue weighted by Crippen LogP contribution is -2.18. The zero-order chi connectivity index (χ0) is 13.2. The molecule has 5 heteroatoms. The molecule has 0 heterocycles. The predicted octanol–water partition coefficient (Wildman–Crippen LogP) is 3.74. The van der Waals surface area contributed by atoms with E-state index in [-0.39, 0.29) is 18.3 Å². The van der Waals surface area contributed by atoms with E-state index in [9.17, 15) is 13.2 Å². The lowest BCUT2D eigenvalue weighted by atomic mass is 9.95. The van der Waals surface area contributed by atoms with Crippen LogP contribution in [0.4, 0.5) is 13.2 Å². The van der Waals surface area contributed by atoms with Gasteiger partial charge in [0.2, 0.25) is 0 Å². The Labute approximate surface area is 103 Å². The smallest absolute Gasteiger partial charge is 0.405 e. The first-order chi connectivity index (χ1) is 8.49. The van der Waals surface area contributed by atoms with Crippen molar-refractivity contribution < 1.29 is 23.0 Å². The number of benzene rings is 1. The highest BCUT2D eigenvalue weighted by Gasteiger charge is 2.33. The fraction of sp³-hybridized carbons (Fsp3) is 0.538. The zero-order valence-electron chi connectivity index (χ0n) is 9.83. The monoisotopic (exact) mass is 260 g/mol. The van der Waals surface area contributed by atoms with E-state index >= 15 is 0 Å². The van der Waals surface area contributed by atoms with E-state index in [0.29, 0.717) is 11.1 Å². The van der Waals surface area contributed by atoms with Crippen molar-refractivity contribution in [3.8, 4) is 5.75 Å². The zero-order valence-corrected chi connectivity index (χ0v) is 9.83. The summed E-state index contributed by atoms with van der Waals surface area (Å²) in [5.74, 6) is -0.0314. The minimum absolute atomic E-state index is 0.134. The van der Waals surface area contributed by atoms with E-state index in [4.69, 9.17) is 5.11 Å². The normalized spacial score (nSPS) is 17.1. The second-order valence-electron chi connectivity index (χ2n) is 4.56. The molecule has 1 aromatic rings. The standard InChI is InChI=1S/C13H15F3O2/c14-13(15,16)18-12-7-9(8-17)5-6-11(12)10-3-1-2-4-10/h5-7,10,17H,1-4,8H2. The maximum atomic E-state index is 12.4. The second kappa shape index (κ2) is 5.18. The number of hydrogen-bond acceptors (Lipinski definition) is 2. The molecule has 1 fully saturated rings. The molecule has 1 aromatic carbocycles. The van der Waals surface area contributed by atoms with Crippen molar-refractivity contribution in [3.63, 3.8) is 0 Å². The molecule has 0 spiro atoms. The van der Waals surface area contributed by atoms with Crippen LogP contribution in [0.3, 0.4) is 0 Å². The van der Waals surface area contributed by atoms with Crippen LogP contribution >= 0.6 is 0 Å². The summed E-state index contributed by atoms with van der Waals surface area (Å²) in [7, 11) is 0. The molecule has 0 unspecified atom stereocenters. The third kappa shape index (κ3) is 3.16. The Hall–Kier alpha value is -1.23. The predicted molar refractivity (Wildman–Crippen MR) is 60.3 cm³/mol. The van der Waals surface area contributed by atoms with Gasteiger partial charge in [-0.15, -0.1) is 13.2 Å². The van der Waals surface area contributed by atoms with Crippen molar-refractivity contribution in [2.45, 2.75) is 44.6 Å². The third-order valence-corrected chi connectivity index (χ3v) is 3.28. The number of alkyl halides is 3. The van der Waals surface area contributed by atoms with Crippen LogP contribution in [0.1, 0.15) is 42.7 Å². The minimum Gasteiger partial charge on any atom is -0.405 e. The van der Waals surface area contributed by atoms with Crippen LogP contribution in [0.15, 0.2) is 18.2 Å². The van der Waals surface area contributed by atoms with Crippen LogP contribution in [-0.2, 0) is 6.61 Å². The Balaban J connectivity index is 2.31. The molecule has 0 saturated heterocycles. The number of aliphatic hydroxyl groups excluding tert-OH is 1. The first-order valence-electron chi connectivity index (χ1n) is 5.99. The molecular formula is C13H15F3O2. The molecule has 0 atom stereocenters. The molecule has 0 aliphatic heterocycles. The highest BCUT2D eigenvalue weighted by molar-refractivity contribution is 5.40. The van der Waals surface area contributed by atoms with Crippen molar-refractivity contribution in [1.29, 1.82) is 0 Å². The summed E-state index contributed by atoms with van der Waals surface area (Å²) in [4.78, 5) is 0. The molecule has 0 amide bonds. The fourth-order valence-corrected chi connectivity index (χ4v) is 2.46. The third-order valence-electron chi connectivity index (χ3n) is 3.28. The van der Waals surface area contributed by atoms with Gasteiger partial charge in [0, 0.05) is 0 Å². The first-order valence-corrected chi connectivity index (χ1v) is 5.99. The summed E-state index contributed by atoms with van der Waals surface area (Å²) in [5, 5.41) is 8.98.